The summed E-state index contributed by atoms with van der Waals surface area (Å²) in [5.41, 5.74) is 0. The Hall–Kier alpha value is -0.220. The summed E-state index contributed by atoms with van der Waals surface area (Å²) >= 11 is 1.92. The molecule has 0 aromatic heterocycles. The Kier molecular flexibility index (Phi) is 7.69. The van der Waals surface area contributed by atoms with Crippen LogP contribution in [0.5, 0.6) is 0 Å². The Labute approximate surface area is 110 Å². The van der Waals surface area contributed by atoms with Crippen molar-refractivity contribution in [1.82, 2.24) is 10.2 Å². The second-order valence-corrected chi connectivity index (χ2v) is 5.70. The number of rotatable bonds is 8. The molecule has 0 spiro atoms. The summed E-state index contributed by atoms with van der Waals surface area (Å²) in [4.78, 5) is 14.0. The lowest BCUT2D eigenvalue weighted by molar-refractivity contribution is -0.135. The fraction of sp³-hybridized carbons (Fsp3) is 0.923. The highest BCUT2D eigenvalue weighted by molar-refractivity contribution is 7.98. The molecular formula is C13H26N2OS. The van der Waals surface area contributed by atoms with E-state index in [0.29, 0.717) is 5.91 Å². The maximum atomic E-state index is 12.0. The first-order chi connectivity index (χ1) is 8.29. The van der Waals surface area contributed by atoms with Gasteiger partial charge < -0.3 is 10.2 Å². The predicted octanol–water partition coefficient (Wildman–Crippen LogP) is 2.12. The summed E-state index contributed by atoms with van der Waals surface area (Å²) in [6.07, 6.45) is 9.34. The van der Waals surface area contributed by atoms with Gasteiger partial charge >= 0.3 is 0 Å². The van der Waals surface area contributed by atoms with Crippen molar-refractivity contribution >= 4 is 17.7 Å². The lowest BCUT2D eigenvalue weighted by atomic mass is 10.0. The summed E-state index contributed by atoms with van der Waals surface area (Å²) < 4.78 is 0. The summed E-state index contributed by atoms with van der Waals surface area (Å²) in [5, 5.41) is 3.11. The molecule has 1 heterocycles. The number of carbonyl (C=O) groups excluding carboxylic acids is 1. The average molecular weight is 258 g/mol. The van der Waals surface area contributed by atoms with Gasteiger partial charge in [0.05, 0.1) is 6.04 Å². The molecule has 1 fully saturated rings. The van der Waals surface area contributed by atoms with Crippen molar-refractivity contribution in [2.24, 2.45) is 0 Å². The maximum absolute atomic E-state index is 12.0. The van der Waals surface area contributed by atoms with E-state index >= 15 is 0 Å². The zero-order valence-electron chi connectivity index (χ0n) is 11.2. The lowest BCUT2D eigenvalue weighted by Gasteiger charge is -2.32. The topological polar surface area (TPSA) is 32.3 Å². The number of likely N-dealkylation sites (N-methyl/N-ethyl adjacent to an activating group) is 1. The third-order valence-corrected chi connectivity index (χ3v) is 4.10. The second kappa shape index (κ2) is 8.81. The van der Waals surface area contributed by atoms with E-state index in [1.54, 1.807) is 0 Å². The van der Waals surface area contributed by atoms with Gasteiger partial charge in [-0.2, -0.15) is 11.8 Å². The summed E-state index contributed by atoms with van der Waals surface area (Å²) in [6, 6.07) is 0.0697. The average Bonchev–Trinajstić information content (AvgIpc) is 2.35. The first kappa shape index (κ1) is 14.8. The Morgan fingerprint density at radius 3 is 2.82 bits per heavy atom. The van der Waals surface area contributed by atoms with E-state index in [1.165, 1.54) is 25.0 Å². The Morgan fingerprint density at radius 2 is 2.12 bits per heavy atom. The van der Waals surface area contributed by atoms with E-state index in [9.17, 15) is 4.79 Å². The molecule has 4 heteroatoms. The van der Waals surface area contributed by atoms with Gasteiger partial charge in [-0.1, -0.05) is 12.8 Å². The molecule has 1 saturated heterocycles. The summed E-state index contributed by atoms with van der Waals surface area (Å²) in [5.74, 6) is 1.58. The van der Waals surface area contributed by atoms with Crippen LogP contribution in [-0.4, -0.2) is 49.0 Å². The molecule has 1 aliphatic rings. The van der Waals surface area contributed by atoms with Crippen molar-refractivity contribution in [2.45, 2.75) is 44.6 Å². The number of amides is 1. The van der Waals surface area contributed by atoms with Crippen LogP contribution in [0.3, 0.4) is 0 Å². The van der Waals surface area contributed by atoms with Crippen LogP contribution >= 0.6 is 11.8 Å². The van der Waals surface area contributed by atoms with Crippen molar-refractivity contribution in [3.63, 3.8) is 0 Å². The van der Waals surface area contributed by atoms with E-state index in [0.717, 1.165) is 32.4 Å². The van der Waals surface area contributed by atoms with Crippen molar-refractivity contribution in [3.8, 4) is 0 Å². The van der Waals surface area contributed by atoms with Gasteiger partial charge in [0.1, 0.15) is 0 Å². The standard InChI is InChI=1S/C13H26N2OS/c1-14-12-8-7-10-15(13(12)16)9-5-3-4-6-11-17-2/h12,14H,3-11H2,1-2H3. The highest BCUT2D eigenvalue weighted by atomic mass is 32.2. The Bertz CT molecular complexity index is 223. The van der Waals surface area contributed by atoms with Crippen molar-refractivity contribution in [2.75, 3.05) is 32.1 Å². The van der Waals surface area contributed by atoms with Gasteiger partial charge in [0.2, 0.25) is 5.91 Å². The lowest BCUT2D eigenvalue weighted by Crippen LogP contribution is -2.49. The van der Waals surface area contributed by atoms with Crippen LogP contribution in [0.1, 0.15) is 38.5 Å². The molecule has 0 saturated carbocycles. The van der Waals surface area contributed by atoms with Crippen LogP contribution in [0.25, 0.3) is 0 Å². The molecule has 1 atom stereocenters. The molecule has 17 heavy (non-hydrogen) atoms. The molecule has 1 rings (SSSR count). The highest BCUT2D eigenvalue weighted by Gasteiger charge is 2.26. The predicted molar refractivity (Wildman–Crippen MR) is 75.5 cm³/mol. The smallest absolute Gasteiger partial charge is 0.239 e. The molecule has 0 aromatic carbocycles. The summed E-state index contributed by atoms with van der Waals surface area (Å²) in [6.45, 7) is 1.91. The molecule has 100 valence electrons. The zero-order valence-corrected chi connectivity index (χ0v) is 12.0. The largest absolute Gasteiger partial charge is 0.341 e. The number of hydrogen-bond donors (Lipinski definition) is 1. The fourth-order valence-corrected chi connectivity index (χ4v) is 2.83. The van der Waals surface area contributed by atoms with Gasteiger partial charge in [-0.25, -0.2) is 0 Å². The van der Waals surface area contributed by atoms with Gasteiger partial charge in [0.15, 0.2) is 0 Å². The minimum atomic E-state index is 0.0697. The van der Waals surface area contributed by atoms with Crippen LogP contribution in [-0.2, 0) is 4.79 Å². The van der Waals surface area contributed by atoms with Gasteiger partial charge in [-0.15, -0.1) is 0 Å². The third-order valence-electron chi connectivity index (χ3n) is 3.41. The summed E-state index contributed by atoms with van der Waals surface area (Å²) in [7, 11) is 1.88. The monoisotopic (exact) mass is 258 g/mol. The quantitative estimate of drug-likeness (QED) is 0.677. The van der Waals surface area contributed by atoms with Gasteiger partial charge in [0, 0.05) is 13.1 Å². The van der Waals surface area contributed by atoms with Crippen molar-refractivity contribution in [1.29, 1.82) is 0 Å². The van der Waals surface area contributed by atoms with E-state index in [-0.39, 0.29) is 6.04 Å². The first-order valence-electron chi connectivity index (χ1n) is 6.74. The van der Waals surface area contributed by atoms with Crippen LogP contribution in [0.4, 0.5) is 0 Å². The minimum Gasteiger partial charge on any atom is -0.341 e. The molecule has 0 radical (unpaired) electrons. The number of carbonyl (C=O) groups is 1. The second-order valence-electron chi connectivity index (χ2n) is 4.72. The molecule has 3 nitrogen and oxygen atoms in total. The van der Waals surface area contributed by atoms with E-state index in [2.05, 4.69) is 11.6 Å². The molecule has 1 unspecified atom stereocenters. The van der Waals surface area contributed by atoms with Crippen LogP contribution in [0.15, 0.2) is 0 Å². The fourth-order valence-electron chi connectivity index (χ4n) is 2.33. The number of unbranched alkanes of at least 4 members (excludes halogenated alkanes) is 3. The highest BCUT2D eigenvalue weighted by Crippen LogP contribution is 2.13. The van der Waals surface area contributed by atoms with Crippen LogP contribution in [0.2, 0.25) is 0 Å². The SMILES string of the molecule is CNC1CCCN(CCCCCCSC)C1=O. The molecular weight excluding hydrogens is 232 g/mol. The number of piperidine rings is 1. The van der Waals surface area contributed by atoms with Gasteiger partial charge in [-0.3, -0.25) is 4.79 Å². The Balaban J connectivity index is 2.11. The van der Waals surface area contributed by atoms with E-state index < -0.39 is 0 Å². The van der Waals surface area contributed by atoms with E-state index in [1.807, 2.05) is 23.7 Å². The number of hydrogen-bond acceptors (Lipinski definition) is 3. The number of nitrogens with one attached hydrogen (secondary N) is 1. The molecule has 1 amide bonds. The maximum Gasteiger partial charge on any atom is 0.239 e. The first-order valence-corrected chi connectivity index (χ1v) is 8.14. The van der Waals surface area contributed by atoms with E-state index in [4.69, 9.17) is 0 Å². The Morgan fingerprint density at radius 1 is 1.35 bits per heavy atom. The van der Waals surface area contributed by atoms with Gasteiger partial charge in [0.25, 0.3) is 0 Å². The third kappa shape index (κ3) is 5.30. The van der Waals surface area contributed by atoms with Crippen molar-refractivity contribution < 1.29 is 4.79 Å². The number of likely N-dealkylation sites (tertiary alicyclic amines) is 1. The molecule has 1 aliphatic heterocycles. The van der Waals surface area contributed by atoms with Crippen LogP contribution in [0, 0.1) is 0 Å². The zero-order chi connectivity index (χ0) is 12.5. The van der Waals surface area contributed by atoms with Crippen LogP contribution < -0.4 is 5.32 Å². The minimum absolute atomic E-state index is 0.0697. The molecule has 0 bridgehead atoms. The molecule has 1 N–H and O–H groups in total. The van der Waals surface area contributed by atoms with Crippen molar-refractivity contribution in [3.05, 3.63) is 0 Å². The molecule has 0 aliphatic carbocycles. The molecule has 0 aromatic rings. The normalized spacial score (nSPS) is 20.9. The van der Waals surface area contributed by atoms with Gasteiger partial charge in [-0.05, 0) is 44.7 Å². The number of nitrogens with zero attached hydrogens (tertiary/aromatic N) is 1. The number of thioether (sulfide) groups is 1.